The number of aromatic nitrogens is 2. The highest BCUT2D eigenvalue weighted by molar-refractivity contribution is 5.73. The van der Waals surface area contributed by atoms with Crippen molar-refractivity contribution in [3.05, 3.63) is 36.2 Å². The van der Waals surface area contributed by atoms with Crippen molar-refractivity contribution in [1.82, 2.24) is 20.8 Å². The number of hydrogen-bond acceptors (Lipinski definition) is 5. The summed E-state index contributed by atoms with van der Waals surface area (Å²) in [6, 6.07) is 9.35. The predicted octanol–water partition coefficient (Wildman–Crippen LogP) is 2.44. The van der Waals surface area contributed by atoms with Crippen molar-refractivity contribution >= 4 is 6.03 Å². The molecular formula is C18H24N4O3. The Morgan fingerprint density at radius 3 is 2.76 bits per heavy atom. The molecule has 1 aliphatic rings. The Kier molecular flexibility index (Phi) is 5.33. The van der Waals surface area contributed by atoms with Gasteiger partial charge in [-0.1, -0.05) is 42.4 Å². The van der Waals surface area contributed by atoms with Crippen molar-refractivity contribution in [3.8, 4) is 11.4 Å². The van der Waals surface area contributed by atoms with Crippen LogP contribution in [0.4, 0.5) is 4.79 Å². The van der Waals surface area contributed by atoms with Gasteiger partial charge in [0.15, 0.2) is 0 Å². The van der Waals surface area contributed by atoms with Crippen molar-refractivity contribution in [2.45, 2.75) is 44.1 Å². The summed E-state index contributed by atoms with van der Waals surface area (Å²) in [6.07, 6.45) is 3.32. The average molecular weight is 344 g/mol. The third kappa shape index (κ3) is 4.57. The molecule has 7 heteroatoms. The van der Waals surface area contributed by atoms with Gasteiger partial charge in [0, 0.05) is 18.7 Å². The maximum Gasteiger partial charge on any atom is 0.314 e. The van der Waals surface area contributed by atoms with E-state index in [4.69, 9.17) is 4.52 Å². The summed E-state index contributed by atoms with van der Waals surface area (Å²) >= 11 is 0. The maximum atomic E-state index is 11.8. The second-order valence-corrected chi connectivity index (χ2v) is 6.69. The normalized spacial score (nSPS) is 16.7. The Morgan fingerprint density at radius 1 is 1.32 bits per heavy atom. The van der Waals surface area contributed by atoms with E-state index < -0.39 is 5.60 Å². The minimum Gasteiger partial charge on any atom is -0.390 e. The standard InChI is InChI=1S/C18H24N4O3/c1-13(12-20-17(23)19-11-10-18(24)8-5-9-18)16-21-15(22-25-16)14-6-3-2-4-7-14/h2-4,6-7,13,24H,5,8-12H2,1H3,(H2,19,20,23)/t13-/m1/s1. The van der Waals surface area contributed by atoms with E-state index in [1.54, 1.807) is 0 Å². The van der Waals surface area contributed by atoms with E-state index in [0.717, 1.165) is 24.8 Å². The van der Waals surface area contributed by atoms with Crippen LogP contribution in [0.5, 0.6) is 0 Å². The molecule has 1 heterocycles. The summed E-state index contributed by atoms with van der Waals surface area (Å²) < 4.78 is 5.30. The van der Waals surface area contributed by atoms with Crippen LogP contribution in [0.25, 0.3) is 11.4 Å². The molecule has 134 valence electrons. The van der Waals surface area contributed by atoms with E-state index in [0.29, 0.717) is 31.2 Å². The number of carbonyl (C=O) groups is 1. The summed E-state index contributed by atoms with van der Waals surface area (Å²) in [7, 11) is 0. The highest BCUT2D eigenvalue weighted by atomic mass is 16.5. The maximum absolute atomic E-state index is 11.8. The number of benzene rings is 1. The molecule has 0 saturated heterocycles. The van der Waals surface area contributed by atoms with Gasteiger partial charge < -0.3 is 20.3 Å². The summed E-state index contributed by atoms with van der Waals surface area (Å²) in [5.74, 6) is 0.940. The van der Waals surface area contributed by atoms with Gasteiger partial charge in [-0.05, 0) is 25.7 Å². The minimum atomic E-state index is -0.571. The van der Waals surface area contributed by atoms with Crippen LogP contribution in [0.1, 0.15) is 44.4 Å². The summed E-state index contributed by atoms with van der Waals surface area (Å²) in [4.78, 5) is 16.2. The van der Waals surface area contributed by atoms with Crippen LogP contribution in [-0.2, 0) is 0 Å². The highest BCUT2D eigenvalue weighted by Gasteiger charge is 2.33. The number of aliphatic hydroxyl groups is 1. The van der Waals surface area contributed by atoms with Gasteiger partial charge in [-0.15, -0.1) is 0 Å². The molecule has 0 bridgehead atoms. The first-order valence-corrected chi connectivity index (χ1v) is 8.69. The van der Waals surface area contributed by atoms with Gasteiger partial charge in [0.2, 0.25) is 11.7 Å². The van der Waals surface area contributed by atoms with E-state index in [1.165, 1.54) is 0 Å². The molecule has 2 aromatic rings. The number of nitrogens with zero attached hydrogens (tertiary/aromatic N) is 2. The van der Waals surface area contributed by atoms with Crippen molar-refractivity contribution in [3.63, 3.8) is 0 Å². The fraction of sp³-hybridized carbons (Fsp3) is 0.500. The molecule has 0 unspecified atom stereocenters. The van der Waals surface area contributed by atoms with Gasteiger partial charge in [-0.25, -0.2) is 4.79 Å². The number of urea groups is 1. The SMILES string of the molecule is C[C@H](CNC(=O)NCCC1(O)CCC1)c1nc(-c2ccccc2)no1. The lowest BCUT2D eigenvalue weighted by molar-refractivity contribution is -0.0389. The van der Waals surface area contributed by atoms with Gasteiger partial charge in [-0.2, -0.15) is 4.98 Å². The fourth-order valence-electron chi connectivity index (χ4n) is 2.78. The zero-order valence-electron chi connectivity index (χ0n) is 14.4. The lowest BCUT2D eigenvalue weighted by atomic mass is 9.78. The lowest BCUT2D eigenvalue weighted by Crippen LogP contribution is -2.43. The highest BCUT2D eigenvalue weighted by Crippen LogP contribution is 2.33. The topological polar surface area (TPSA) is 100 Å². The van der Waals surface area contributed by atoms with E-state index in [1.807, 2.05) is 37.3 Å². The Bertz CT molecular complexity index is 697. The van der Waals surface area contributed by atoms with Crippen LogP contribution >= 0.6 is 0 Å². The van der Waals surface area contributed by atoms with E-state index >= 15 is 0 Å². The van der Waals surface area contributed by atoms with Crippen LogP contribution in [0.2, 0.25) is 0 Å². The molecule has 0 aliphatic heterocycles. The van der Waals surface area contributed by atoms with Crippen LogP contribution in [0.3, 0.4) is 0 Å². The third-order valence-corrected chi connectivity index (χ3v) is 4.62. The van der Waals surface area contributed by atoms with Gasteiger partial charge in [-0.3, -0.25) is 0 Å². The number of amides is 2. The van der Waals surface area contributed by atoms with E-state index in [2.05, 4.69) is 20.8 Å². The first-order chi connectivity index (χ1) is 12.1. The lowest BCUT2D eigenvalue weighted by Gasteiger charge is -2.36. The number of carbonyl (C=O) groups excluding carboxylic acids is 1. The van der Waals surface area contributed by atoms with E-state index in [-0.39, 0.29) is 11.9 Å². The third-order valence-electron chi connectivity index (χ3n) is 4.62. The zero-order valence-corrected chi connectivity index (χ0v) is 14.4. The van der Waals surface area contributed by atoms with Crippen molar-refractivity contribution in [2.75, 3.05) is 13.1 Å². The van der Waals surface area contributed by atoms with Gasteiger partial charge in [0.05, 0.1) is 11.5 Å². The quantitative estimate of drug-likeness (QED) is 0.716. The smallest absolute Gasteiger partial charge is 0.314 e. The molecule has 1 aromatic heterocycles. The first kappa shape index (κ1) is 17.4. The molecule has 1 atom stereocenters. The first-order valence-electron chi connectivity index (χ1n) is 8.69. The van der Waals surface area contributed by atoms with Gasteiger partial charge in [0.25, 0.3) is 0 Å². The molecular weight excluding hydrogens is 320 g/mol. The molecule has 0 radical (unpaired) electrons. The fourth-order valence-corrected chi connectivity index (χ4v) is 2.78. The van der Waals surface area contributed by atoms with Crippen LogP contribution in [0, 0.1) is 0 Å². The predicted molar refractivity (Wildman–Crippen MR) is 93.0 cm³/mol. The zero-order chi connectivity index (χ0) is 17.7. The second-order valence-electron chi connectivity index (χ2n) is 6.69. The molecule has 3 rings (SSSR count). The number of hydrogen-bond donors (Lipinski definition) is 3. The molecule has 25 heavy (non-hydrogen) atoms. The van der Waals surface area contributed by atoms with Crippen LogP contribution in [-0.4, -0.2) is 40.0 Å². The molecule has 7 nitrogen and oxygen atoms in total. The summed E-state index contributed by atoms with van der Waals surface area (Å²) in [6.45, 7) is 2.78. The van der Waals surface area contributed by atoms with Gasteiger partial charge in [0.1, 0.15) is 0 Å². The van der Waals surface area contributed by atoms with Crippen LogP contribution < -0.4 is 10.6 Å². The number of nitrogens with one attached hydrogen (secondary N) is 2. The minimum absolute atomic E-state index is 0.0912. The molecule has 0 spiro atoms. The molecule has 2 amide bonds. The molecule has 1 fully saturated rings. The molecule has 3 N–H and O–H groups in total. The Hall–Kier alpha value is -2.41. The average Bonchev–Trinajstić information content (AvgIpc) is 3.09. The second kappa shape index (κ2) is 7.65. The Balaban J connectivity index is 1.42. The Labute approximate surface area is 146 Å². The van der Waals surface area contributed by atoms with Gasteiger partial charge >= 0.3 is 6.03 Å². The summed E-state index contributed by atoms with van der Waals surface area (Å²) in [5.41, 5.74) is 0.322. The monoisotopic (exact) mass is 344 g/mol. The van der Waals surface area contributed by atoms with Crippen LogP contribution in [0.15, 0.2) is 34.9 Å². The molecule has 1 saturated carbocycles. The summed E-state index contributed by atoms with van der Waals surface area (Å²) in [5, 5.41) is 19.5. The Morgan fingerprint density at radius 2 is 2.08 bits per heavy atom. The van der Waals surface area contributed by atoms with Crippen molar-refractivity contribution in [2.24, 2.45) is 0 Å². The van der Waals surface area contributed by atoms with Crippen molar-refractivity contribution < 1.29 is 14.4 Å². The number of rotatable bonds is 7. The molecule has 1 aromatic carbocycles. The van der Waals surface area contributed by atoms with Crippen molar-refractivity contribution in [1.29, 1.82) is 0 Å². The van der Waals surface area contributed by atoms with E-state index in [9.17, 15) is 9.90 Å². The molecule has 1 aliphatic carbocycles. The largest absolute Gasteiger partial charge is 0.390 e.